The molecule has 2 aromatic heterocycles. The van der Waals surface area contributed by atoms with Crippen LogP contribution in [0.2, 0.25) is 5.15 Å². The van der Waals surface area contributed by atoms with Gasteiger partial charge in [0.05, 0.1) is 10.5 Å². The lowest BCUT2D eigenvalue weighted by Gasteiger charge is -2.05. The van der Waals surface area contributed by atoms with E-state index in [1.165, 1.54) is 18.3 Å². The summed E-state index contributed by atoms with van der Waals surface area (Å²) in [4.78, 5) is 29.6. The summed E-state index contributed by atoms with van der Waals surface area (Å²) < 4.78 is 0. The molecular weight excluding hydrogens is 298 g/mol. The molecule has 1 amide bonds. The highest BCUT2D eigenvalue weighted by atomic mass is 35.5. The number of nitrogens with zero attached hydrogens (tertiary/aromatic N) is 4. The molecule has 2 rings (SSSR count). The predicted octanol–water partition coefficient (Wildman–Crippen LogP) is 2.16. The van der Waals surface area contributed by atoms with Crippen LogP contribution in [0.1, 0.15) is 15.9 Å². The quantitative estimate of drug-likeness (QED) is 0.526. The average Bonchev–Trinajstić information content (AvgIpc) is 2.47. The Morgan fingerprint density at radius 3 is 2.71 bits per heavy atom. The third-order valence-electron chi connectivity index (χ3n) is 2.43. The van der Waals surface area contributed by atoms with E-state index in [1.54, 1.807) is 0 Å². The van der Waals surface area contributed by atoms with Gasteiger partial charge in [0.15, 0.2) is 0 Å². The molecule has 0 saturated heterocycles. The molecule has 0 unspecified atom stereocenters. The predicted molar refractivity (Wildman–Crippen MR) is 72.8 cm³/mol. The van der Waals surface area contributed by atoms with Crippen LogP contribution in [0.25, 0.3) is 0 Å². The van der Waals surface area contributed by atoms with Gasteiger partial charge in [-0.2, -0.15) is 5.26 Å². The van der Waals surface area contributed by atoms with Crippen molar-refractivity contribution in [1.82, 2.24) is 9.97 Å². The zero-order valence-corrected chi connectivity index (χ0v) is 11.0. The summed E-state index contributed by atoms with van der Waals surface area (Å²) in [7, 11) is 0. The number of amides is 1. The molecule has 0 saturated carbocycles. The molecular formula is C12H6ClN5O3. The van der Waals surface area contributed by atoms with Gasteiger partial charge in [-0.1, -0.05) is 11.6 Å². The molecule has 0 bridgehead atoms. The van der Waals surface area contributed by atoms with Crippen molar-refractivity contribution in [2.75, 3.05) is 5.32 Å². The second-order valence-electron chi connectivity index (χ2n) is 3.78. The number of nitriles is 1. The number of aromatic nitrogens is 2. The van der Waals surface area contributed by atoms with Crippen molar-refractivity contribution in [3.8, 4) is 6.07 Å². The Labute approximate surface area is 123 Å². The maximum absolute atomic E-state index is 12.0. The first-order valence-electron chi connectivity index (χ1n) is 5.48. The van der Waals surface area contributed by atoms with E-state index >= 15 is 0 Å². The van der Waals surface area contributed by atoms with E-state index in [2.05, 4.69) is 15.3 Å². The van der Waals surface area contributed by atoms with Gasteiger partial charge < -0.3 is 5.32 Å². The van der Waals surface area contributed by atoms with Gasteiger partial charge in [-0.3, -0.25) is 14.9 Å². The number of rotatable bonds is 3. The maximum Gasteiger partial charge on any atom is 0.300 e. The third-order valence-corrected chi connectivity index (χ3v) is 2.63. The average molecular weight is 304 g/mol. The van der Waals surface area contributed by atoms with Crippen LogP contribution < -0.4 is 5.32 Å². The van der Waals surface area contributed by atoms with Crippen LogP contribution in [0.3, 0.4) is 0 Å². The topological polar surface area (TPSA) is 122 Å². The molecule has 0 aliphatic carbocycles. The van der Waals surface area contributed by atoms with Crippen LogP contribution in [0, 0.1) is 21.4 Å². The Balaban J connectivity index is 2.29. The van der Waals surface area contributed by atoms with Crippen LogP contribution in [0.15, 0.2) is 30.6 Å². The number of anilines is 1. The molecule has 9 heteroatoms. The van der Waals surface area contributed by atoms with Crippen molar-refractivity contribution in [1.29, 1.82) is 5.26 Å². The Morgan fingerprint density at radius 2 is 2.14 bits per heavy atom. The summed E-state index contributed by atoms with van der Waals surface area (Å²) in [6.45, 7) is 0. The zero-order valence-electron chi connectivity index (χ0n) is 10.3. The molecule has 1 N–H and O–H groups in total. The van der Waals surface area contributed by atoms with Gasteiger partial charge in [0.25, 0.3) is 11.6 Å². The van der Waals surface area contributed by atoms with Crippen molar-refractivity contribution in [2.45, 2.75) is 0 Å². The van der Waals surface area contributed by atoms with Crippen LogP contribution >= 0.6 is 11.6 Å². The first-order valence-corrected chi connectivity index (χ1v) is 5.86. The fourth-order valence-corrected chi connectivity index (χ4v) is 1.63. The fraction of sp³-hybridized carbons (Fsp3) is 0. The summed E-state index contributed by atoms with van der Waals surface area (Å²) in [5.74, 6) is -0.593. The van der Waals surface area contributed by atoms with E-state index in [4.69, 9.17) is 16.9 Å². The first-order chi connectivity index (χ1) is 10.0. The number of halogens is 1. The summed E-state index contributed by atoms with van der Waals surface area (Å²) in [5, 5.41) is 21.8. The van der Waals surface area contributed by atoms with E-state index < -0.39 is 16.5 Å². The second-order valence-corrected chi connectivity index (χ2v) is 4.17. The SMILES string of the molecule is N#Cc1ccc(NC(=O)c2cc(Cl)ncc2[N+](=O)[O-])nc1. The molecule has 0 aliphatic rings. The van der Waals surface area contributed by atoms with Crippen molar-refractivity contribution >= 4 is 29.0 Å². The van der Waals surface area contributed by atoms with E-state index in [9.17, 15) is 14.9 Å². The van der Waals surface area contributed by atoms with Gasteiger partial charge in [-0.25, -0.2) is 9.97 Å². The highest BCUT2D eigenvalue weighted by Gasteiger charge is 2.21. The monoisotopic (exact) mass is 303 g/mol. The van der Waals surface area contributed by atoms with Gasteiger partial charge in [-0.15, -0.1) is 0 Å². The zero-order chi connectivity index (χ0) is 15.4. The van der Waals surface area contributed by atoms with Gasteiger partial charge in [0.1, 0.15) is 28.8 Å². The van der Waals surface area contributed by atoms with E-state index in [0.29, 0.717) is 5.56 Å². The summed E-state index contributed by atoms with van der Waals surface area (Å²) >= 11 is 5.64. The van der Waals surface area contributed by atoms with Crippen LogP contribution in [-0.2, 0) is 0 Å². The summed E-state index contributed by atoms with van der Waals surface area (Å²) in [6, 6.07) is 5.84. The molecule has 0 aliphatic heterocycles. The van der Waals surface area contributed by atoms with Gasteiger partial charge >= 0.3 is 0 Å². The standard InChI is InChI=1S/C12H6ClN5O3/c13-10-3-8(9(6-15-10)18(20)21)12(19)17-11-2-1-7(4-14)5-16-11/h1-3,5-6H,(H,16,17,19). The minimum absolute atomic E-state index is 0.0430. The van der Waals surface area contributed by atoms with Gasteiger partial charge in [0, 0.05) is 6.20 Å². The van der Waals surface area contributed by atoms with Gasteiger partial charge in [-0.05, 0) is 18.2 Å². The number of nitro groups is 1. The molecule has 0 fully saturated rings. The lowest BCUT2D eigenvalue weighted by Crippen LogP contribution is -2.15. The third kappa shape index (κ3) is 3.29. The number of hydrogen-bond donors (Lipinski definition) is 1. The molecule has 2 aromatic rings. The van der Waals surface area contributed by atoms with Crippen LogP contribution in [0.5, 0.6) is 0 Å². The normalized spacial score (nSPS) is 9.71. The maximum atomic E-state index is 12.0. The van der Waals surface area contributed by atoms with Gasteiger partial charge in [0.2, 0.25) is 0 Å². The summed E-state index contributed by atoms with van der Waals surface area (Å²) in [6.07, 6.45) is 2.17. The van der Waals surface area contributed by atoms with E-state index in [1.807, 2.05) is 6.07 Å². The number of carbonyl (C=O) groups is 1. The molecule has 0 atom stereocenters. The molecule has 8 nitrogen and oxygen atoms in total. The highest BCUT2D eigenvalue weighted by Crippen LogP contribution is 2.21. The molecule has 0 spiro atoms. The smallest absolute Gasteiger partial charge is 0.300 e. The van der Waals surface area contributed by atoms with Crippen molar-refractivity contribution < 1.29 is 9.72 Å². The van der Waals surface area contributed by atoms with E-state index in [0.717, 1.165) is 12.3 Å². The summed E-state index contributed by atoms with van der Waals surface area (Å²) in [5.41, 5.74) is -0.373. The minimum atomic E-state index is -0.747. The number of pyridine rings is 2. The lowest BCUT2D eigenvalue weighted by molar-refractivity contribution is -0.385. The molecule has 104 valence electrons. The molecule has 2 heterocycles. The molecule has 0 aromatic carbocycles. The number of nitrogens with one attached hydrogen (secondary N) is 1. The Hall–Kier alpha value is -3.05. The minimum Gasteiger partial charge on any atom is -0.306 e. The number of carbonyl (C=O) groups excluding carboxylic acids is 1. The Kier molecular flexibility index (Phi) is 4.06. The van der Waals surface area contributed by atoms with Crippen LogP contribution in [0.4, 0.5) is 11.5 Å². The fourth-order valence-electron chi connectivity index (χ4n) is 1.47. The first kappa shape index (κ1) is 14.4. The molecule has 21 heavy (non-hydrogen) atoms. The Bertz CT molecular complexity index is 754. The van der Waals surface area contributed by atoms with Crippen molar-refractivity contribution in [3.63, 3.8) is 0 Å². The highest BCUT2D eigenvalue weighted by molar-refractivity contribution is 6.30. The Morgan fingerprint density at radius 1 is 1.38 bits per heavy atom. The van der Waals surface area contributed by atoms with Crippen LogP contribution in [-0.4, -0.2) is 20.8 Å². The number of hydrogen-bond acceptors (Lipinski definition) is 6. The molecule has 0 radical (unpaired) electrons. The second kappa shape index (κ2) is 5.94. The largest absolute Gasteiger partial charge is 0.306 e. The van der Waals surface area contributed by atoms with E-state index in [-0.39, 0.29) is 16.5 Å². The van der Waals surface area contributed by atoms with Crippen molar-refractivity contribution in [2.24, 2.45) is 0 Å². The lowest BCUT2D eigenvalue weighted by atomic mass is 10.2. The van der Waals surface area contributed by atoms with Crippen molar-refractivity contribution in [3.05, 3.63) is 57.0 Å².